The Labute approximate surface area is 60.1 Å². The van der Waals surface area contributed by atoms with Gasteiger partial charge >= 0.3 is 0 Å². The fraction of sp³-hybridized carbons (Fsp3) is 0.500. The van der Waals surface area contributed by atoms with Gasteiger partial charge in [-0.3, -0.25) is 0 Å². The molecular formula is C6H11S2. The molecule has 0 aromatic carbocycles. The minimum atomic E-state index is 0.984. The Morgan fingerprint density at radius 2 is 2.12 bits per heavy atom. The van der Waals surface area contributed by atoms with Crippen LogP contribution in [0, 0.1) is 6.92 Å². The fourth-order valence-electron chi connectivity index (χ4n) is 0.292. The van der Waals surface area contributed by atoms with Gasteiger partial charge in [0, 0.05) is 11.5 Å². The molecule has 0 atom stereocenters. The maximum Gasteiger partial charge on any atom is 0.00649 e. The molecule has 0 spiro atoms. The molecule has 0 fully saturated rings. The normalized spacial score (nSPS) is 9.12. The highest BCUT2D eigenvalue weighted by Gasteiger charge is 1.81. The number of thioether (sulfide) groups is 2. The second-order valence-corrected chi connectivity index (χ2v) is 3.45. The van der Waals surface area contributed by atoms with E-state index in [1.807, 2.05) is 17.2 Å². The molecule has 0 N–H and O–H groups in total. The minimum Gasteiger partial charge on any atom is -0.161 e. The van der Waals surface area contributed by atoms with Crippen molar-refractivity contribution in [3.63, 3.8) is 0 Å². The minimum absolute atomic E-state index is 0.984. The summed E-state index contributed by atoms with van der Waals surface area (Å²) < 4.78 is 0. The zero-order chi connectivity index (χ0) is 6.24. The summed E-state index contributed by atoms with van der Waals surface area (Å²) in [7, 11) is 0. The Hall–Kier alpha value is 0.440. The maximum atomic E-state index is 3.71. The molecule has 0 aliphatic carbocycles. The summed E-state index contributed by atoms with van der Waals surface area (Å²) in [5, 5.41) is 1.88. The molecule has 0 bridgehead atoms. The van der Waals surface area contributed by atoms with Gasteiger partial charge in [-0.05, 0) is 18.1 Å². The first-order valence-corrected chi connectivity index (χ1v) is 4.71. The van der Waals surface area contributed by atoms with Crippen molar-refractivity contribution in [3.05, 3.63) is 18.9 Å². The monoisotopic (exact) mass is 147 g/mol. The highest BCUT2D eigenvalue weighted by atomic mass is 32.2. The molecule has 0 nitrogen and oxygen atoms in total. The van der Waals surface area contributed by atoms with Gasteiger partial charge in [0.05, 0.1) is 0 Å². The van der Waals surface area contributed by atoms with Crippen LogP contribution in [-0.2, 0) is 0 Å². The largest absolute Gasteiger partial charge is 0.161 e. The molecule has 0 aliphatic rings. The van der Waals surface area contributed by atoms with Crippen molar-refractivity contribution in [1.82, 2.24) is 0 Å². The first-order valence-electron chi connectivity index (χ1n) is 2.51. The van der Waals surface area contributed by atoms with E-state index >= 15 is 0 Å². The van der Waals surface area contributed by atoms with Crippen LogP contribution in [-0.4, -0.2) is 17.3 Å². The summed E-state index contributed by atoms with van der Waals surface area (Å²) in [6, 6.07) is 0. The second-order valence-electron chi connectivity index (χ2n) is 1.15. The molecule has 0 heterocycles. The van der Waals surface area contributed by atoms with E-state index < -0.39 is 0 Å². The van der Waals surface area contributed by atoms with Crippen LogP contribution in [0.1, 0.15) is 0 Å². The van der Waals surface area contributed by atoms with Crippen LogP contribution in [0.3, 0.4) is 0 Å². The first kappa shape index (κ1) is 8.44. The van der Waals surface area contributed by atoms with Crippen molar-refractivity contribution in [2.24, 2.45) is 0 Å². The van der Waals surface area contributed by atoms with E-state index in [9.17, 15) is 0 Å². The lowest BCUT2D eigenvalue weighted by atomic mass is 10.9. The van der Waals surface area contributed by atoms with Crippen molar-refractivity contribution in [2.75, 3.05) is 17.3 Å². The van der Waals surface area contributed by atoms with Crippen LogP contribution in [0.15, 0.2) is 12.0 Å². The van der Waals surface area contributed by atoms with Crippen molar-refractivity contribution < 1.29 is 0 Å². The molecular weight excluding hydrogens is 136 g/mol. The van der Waals surface area contributed by atoms with Crippen molar-refractivity contribution in [2.45, 2.75) is 0 Å². The van der Waals surface area contributed by atoms with Gasteiger partial charge in [-0.1, -0.05) is 6.58 Å². The SMILES string of the molecule is [CH2]CSCCSC=C. The molecule has 2 heteroatoms. The number of rotatable bonds is 5. The standard InChI is InChI=1S/C6H11S2/c1-3-7-5-6-8-4-2/h3H,1-2,4-6H2. The summed E-state index contributed by atoms with van der Waals surface area (Å²) in [6.07, 6.45) is 0. The van der Waals surface area contributed by atoms with Crippen LogP contribution in [0.25, 0.3) is 0 Å². The summed E-state index contributed by atoms with van der Waals surface area (Å²) in [4.78, 5) is 0. The lowest BCUT2D eigenvalue weighted by Gasteiger charge is -1.91. The molecule has 0 rings (SSSR count). The van der Waals surface area contributed by atoms with E-state index in [-0.39, 0.29) is 0 Å². The maximum absolute atomic E-state index is 3.71. The van der Waals surface area contributed by atoms with Crippen molar-refractivity contribution >= 4 is 23.5 Å². The van der Waals surface area contributed by atoms with E-state index in [1.165, 1.54) is 11.5 Å². The van der Waals surface area contributed by atoms with E-state index in [1.54, 1.807) is 11.8 Å². The molecule has 1 radical (unpaired) electrons. The Bertz CT molecular complexity index is 52.5. The average Bonchev–Trinajstić information content (AvgIpc) is 1.81. The Morgan fingerprint density at radius 1 is 1.38 bits per heavy atom. The summed E-state index contributed by atoms with van der Waals surface area (Å²) in [6.45, 7) is 7.31. The predicted octanol–water partition coefficient (Wildman–Crippen LogP) is 2.43. The third-order valence-corrected chi connectivity index (χ3v) is 2.32. The first-order chi connectivity index (χ1) is 3.91. The van der Waals surface area contributed by atoms with E-state index in [0.717, 1.165) is 5.75 Å². The van der Waals surface area contributed by atoms with Crippen LogP contribution in [0.4, 0.5) is 0 Å². The Morgan fingerprint density at radius 3 is 2.62 bits per heavy atom. The van der Waals surface area contributed by atoms with Crippen LogP contribution in [0.5, 0.6) is 0 Å². The van der Waals surface area contributed by atoms with E-state index in [0.29, 0.717) is 0 Å². The quantitative estimate of drug-likeness (QED) is 0.548. The smallest absolute Gasteiger partial charge is 0.00649 e. The van der Waals surface area contributed by atoms with Gasteiger partial charge in [-0.25, -0.2) is 0 Å². The van der Waals surface area contributed by atoms with Gasteiger partial charge in [-0.15, -0.1) is 11.8 Å². The zero-order valence-electron chi connectivity index (χ0n) is 4.93. The van der Waals surface area contributed by atoms with E-state index in [2.05, 4.69) is 13.5 Å². The summed E-state index contributed by atoms with van der Waals surface area (Å²) >= 11 is 3.63. The highest BCUT2D eigenvalue weighted by molar-refractivity contribution is 8.04. The molecule has 47 valence electrons. The lowest BCUT2D eigenvalue weighted by molar-refractivity contribution is 1.55. The van der Waals surface area contributed by atoms with Crippen molar-refractivity contribution in [1.29, 1.82) is 0 Å². The van der Waals surface area contributed by atoms with Gasteiger partial charge < -0.3 is 0 Å². The van der Waals surface area contributed by atoms with Gasteiger partial charge in [0.25, 0.3) is 0 Å². The van der Waals surface area contributed by atoms with Gasteiger partial charge in [0.2, 0.25) is 0 Å². The second kappa shape index (κ2) is 7.44. The molecule has 0 unspecified atom stereocenters. The zero-order valence-corrected chi connectivity index (χ0v) is 6.56. The van der Waals surface area contributed by atoms with Crippen LogP contribution in [0.2, 0.25) is 0 Å². The van der Waals surface area contributed by atoms with Gasteiger partial charge in [0.15, 0.2) is 0 Å². The van der Waals surface area contributed by atoms with Gasteiger partial charge in [-0.2, -0.15) is 11.8 Å². The fourth-order valence-corrected chi connectivity index (χ4v) is 1.52. The van der Waals surface area contributed by atoms with Crippen LogP contribution >= 0.6 is 23.5 Å². The summed E-state index contributed by atoms with van der Waals surface area (Å²) in [5.74, 6) is 3.35. The topological polar surface area (TPSA) is 0 Å². The molecule has 0 saturated heterocycles. The summed E-state index contributed by atoms with van der Waals surface area (Å²) in [5.41, 5.74) is 0. The third-order valence-electron chi connectivity index (χ3n) is 0.608. The third kappa shape index (κ3) is 6.44. The molecule has 0 aromatic rings. The molecule has 8 heavy (non-hydrogen) atoms. The average molecular weight is 147 g/mol. The van der Waals surface area contributed by atoms with Crippen LogP contribution < -0.4 is 0 Å². The highest BCUT2D eigenvalue weighted by Crippen LogP contribution is 2.05. The predicted molar refractivity (Wildman–Crippen MR) is 45.3 cm³/mol. The molecule has 0 aliphatic heterocycles. The Kier molecular flexibility index (Phi) is 7.85. The number of hydrogen-bond donors (Lipinski definition) is 0. The van der Waals surface area contributed by atoms with Gasteiger partial charge in [0.1, 0.15) is 0 Å². The van der Waals surface area contributed by atoms with E-state index in [4.69, 9.17) is 0 Å². The van der Waals surface area contributed by atoms with Crippen molar-refractivity contribution in [3.8, 4) is 0 Å². The molecule has 0 amide bonds. The molecule has 0 aromatic heterocycles. The lowest BCUT2D eigenvalue weighted by Crippen LogP contribution is -1.80. The Balaban J connectivity index is 2.62. The molecule has 0 saturated carbocycles. The number of hydrogen-bond acceptors (Lipinski definition) is 2.